The summed E-state index contributed by atoms with van der Waals surface area (Å²) in [6.45, 7) is 5.65. The summed E-state index contributed by atoms with van der Waals surface area (Å²) >= 11 is 0. The lowest BCUT2D eigenvalue weighted by atomic mass is 9.99. The first kappa shape index (κ1) is 15.1. The minimum Gasteiger partial charge on any atom is -0.314 e. The van der Waals surface area contributed by atoms with Crippen LogP contribution in [-0.4, -0.2) is 12.6 Å². The first-order valence-electron chi connectivity index (χ1n) is 8.04. The van der Waals surface area contributed by atoms with E-state index in [1.165, 1.54) is 48.4 Å². The lowest BCUT2D eigenvalue weighted by molar-refractivity contribution is 0.449. The van der Waals surface area contributed by atoms with Crippen molar-refractivity contribution in [2.45, 2.75) is 52.0 Å². The molecule has 0 aromatic heterocycles. The largest absolute Gasteiger partial charge is 0.314 e. The topological polar surface area (TPSA) is 12.0 Å². The summed E-state index contributed by atoms with van der Waals surface area (Å²) < 4.78 is 0. The zero-order valence-electron chi connectivity index (χ0n) is 12.9. The molecule has 1 heteroatoms. The van der Waals surface area contributed by atoms with Crippen molar-refractivity contribution >= 4 is 10.8 Å². The number of rotatable bonds is 8. The summed E-state index contributed by atoms with van der Waals surface area (Å²) in [6.07, 6.45) is 6.18. The lowest BCUT2D eigenvalue weighted by Gasteiger charge is -2.17. The minimum absolute atomic E-state index is 0.673. The van der Waals surface area contributed by atoms with Crippen LogP contribution in [0.5, 0.6) is 0 Å². The van der Waals surface area contributed by atoms with Crippen LogP contribution in [0.25, 0.3) is 10.8 Å². The van der Waals surface area contributed by atoms with Gasteiger partial charge in [-0.2, -0.15) is 0 Å². The molecule has 20 heavy (non-hydrogen) atoms. The van der Waals surface area contributed by atoms with Crippen LogP contribution in [0, 0.1) is 0 Å². The molecule has 0 saturated carbocycles. The van der Waals surface area contributed by atoms with Gasteiger partial charge in [-0.15, -0.1) is 0 Å². The molecule has 0 aliphatic carbocycles. The molecule has 0 amide bonds. The van der Waals surface area contributed by atoms with Crippen LogP contribution in [0.1, 0.15) is 45.1 Å². The van der Waals surface area contributed by atoms with Gasteiger partial charge < -0.3 is 5.32 Å². The van der Waals surface area contributed by atoms with E-state index in [4.69, 9.17) is 0 Å². The molecule has 0 fully saturated rings. The quantitative estimate of drug-likeness (QED) is 0.715. The fraction of sp³-hybridized carbons (Fsp3) is 0.474. The molecule has 1 nitrogen and oxygen atoms in total. The van der Waals surface area contributed by atoms with E-state index in [1.54, 1.807) is 0 Å². The molecule has 2 aromatic carbocycles. The number of benzene rings is 2. The summed E-state index contributed by atoms with van der Waals surface area (Å²) in [5.74, 6) is 0. The first-order chi connectivity index (χ1) is 9.83. The number of fused-ring (bicyclic) bond motifs is 1. The molecule has 1 unspecified atom stereocenters. The van der Waals surface area contributed by atoms with Crippen LogP contribution in [0.15, 0.2) is 42.5 Å². The van der Waals surface area contributed by atoms with Crippen LogP contribution in [-0.2, 0) is 6.42 Å². The van der Waals surface area contributed by atoms with Crippen molar-refractivity contribution in [3.8, 4) is 0 Å². The highest BCUT2D eigenvalue weighted by Gasteiger charge is 2.07. The Morgan fingerprint density at radius 2 is 1.70 bits per heavy atom. The van der Waals surface area contributed by atoms with Crippen LogP contribution in [0.2, 0.25) is 0 Å². The van der Waals surface area contributed by atoms with Gasteiger partial charge >= 0.3 is 0 Å². The van der Waals surface area contributed by atoms with Gasteiger partial charge in [0.05, 0.1) is 0 Å². The normalized spacial score (nSPS) is 12.7. The Balaban J connectivity index is 1.96. The molecule has 2 rings (SSSR count). The maximum atomic E-state index is 3.68. The molecule has 0 aliphatic heterocycles. The van der Waals surface area contributed by atoms with E-state index in [-0.39, 0.29) is 0 Å². The molecule has 0 aliphatic rings. The van der Waals surface area contributed by atoms with E-state index >= 15 is 0 Å². The first-order valence-corrected chi connectivity index (χ1v) is 8.04. The Labute approximate surface area is 123 Å². The molecule has 0 heterocycles. The van der Waals surface area contributed by atoms with Gasteiger partial charge in [0.15, 0.2) is 0 Å². The summed E-state index contributed by atoms with van der Waals surface area (Å²) in [5.41, 5.74) is 1.46. The Morgan fingerprint density at radius 3 is 2.45 bits per heavy atom. The SMILES string of the molecule is CCCNC(CCC)CCc1ccc2ccccc2c1. The molecule has 0 saturated heterocycles. The van der Waals surface area contributed by atoms with Gasteiger partial charge in [-0.05, 0) is 48.6 Å². The van der Waals surface area contributed by atoms with Gasteiger partial charge in [0, 0.05) is 6.04 Å². The summed E-state index contributed by atoms with van der Waals surface area (Å²) in [5, 5.41) is 6.38. The maximum absolute atomic E-state index is 3.68. The molecule has 2 aromatic rings. The van der Waals surface area contributed by atoms with E-state index in [2.05, 4.69) is 61.6 Å². The molecule has 0 bridgehead atoms. The van der Waals surface area contributed by atoms with Crippen molar-refractivity contribution in [3.05, 3.63) is 48.0 Å². The minimum atomic E-state index is 0.673. The summed E-state index contributed by atoms with van der Waals surface area (Å²) in [6, 6.07) is 16.2. The van der Waals surface area contributed by atoms with E-state index in [0.717, 1.165) is 6.54 Å². The fourth-order valence-electron chi connectivity index (χ4n) is 2.78. The Hall–Kier alpha value is -1.34. The van der Waals surface area contributed by atoms with Gasteiger partial charge in [0.25, 0.3) is 0 Å². The Kier molecular flexibility index (Phi) is 6.07. The molecular weight excluding hydrogens is 242 g/mol. The zero-order valence-corrected chi connectivity index (χ0v) is 12.9. The van der Waals surface area contributed by atoms with Crippen molar-refractivity contribution in [2.24, 2.45) is 0 Å². The van der Waals surface area contributed by atoms with E-state index < -0.39 is 0 Å². The van der Waals surface area contributed by atoms with Gasteiger partial charge in [-0.3, -0.25) is 0 Å². The van der Waals surface area contributed by atoms with Crippen LogP contribution in [0.4, 0.5) is 0 Å². The second kappa shape index (κ2) is 8.06. The highest BCUT2D eigenvalue weighted by molar-refractivity contribution is 5.82. The number of aryl methyl sites for hydroxylation is 1. The average Bonchev–Trinajstić information content (AvgIpc) is 2.50. The molecule has 1 atom stereocenters. The second-order valence-electron chi connectivity index (χ2n) is 5.66. The third kappa shape index (κ3) is 4.35. The number of nitrogens with one attached hydrogen (secondary N) is 1. The molecule has 108 valence electrons. The third-order valence-electron chi connectivity index (χ3n) is 3.92. The average molecular weight is 269 g/mol. The monoisotopic (exact) mass is 269 g/mol. The predicted octanol–water partition coefficient (Wildman–Crippen LogP) is 4.94. The summed E-state index contributed by atoms with van der Waals surface area (Å²) in [4.78, 5) is 0. The second-order valence-corrected chi connectivity index (χ2v) is 5.66. The molecule has 0 spiro atoms. The lowest BCUT2D eigenvalue weighted by Crippen LogP contribution is -2.30. The van der Waals surface area contributed by atoms with E-state index in [1.807, 2.05) is 0 Å². The highest BCUT2D eigenvalue weighted by Crippen LogP contribution is 2.17. The Bertz CT molecular complexity index is 518. The van der Waals surface area contributed by atoms with E-state index in [9.17, 15) is 0 Å². The van der Waals surface area contributed by atoms with Gasteiger partial charge in [-0.1, -0.05) is 62.7 Å². The van der Waals surface area contributed by atoms with Gasteiger partial charge in [0.2, 0.25) is 0 Å². The van der Waals surface area contributed by atoms with Crippen molar-refractivity contribution in [2.75, 3.05) is 6.54 Å². The standard InChI is InChI=1S/C19H27N/c1-3-7-19(20-14-4-2)13-11-16-10-12-17-8-5-6-9-18(17)15-16/h5-6,8-10,12,15,19-20H,3-4,7,11,13-14H2,1-2H3. The smallest absolute Gasteiger partial charge is 0.00701 e. The predicted molar refractivity (Wildman–Crippen MR) is 89.3 cm³/mol. The van der Waals surface area contributed by atoms with Crippen LogP contribution in [0.3, 0.4) is 0 Å². The Morgan fingerprint density at radius 1 is 0.900 bits per heavy atom. The van der Waals surface area contributed by atoms with Crippen LogP contribution < -0.4 is 5.32 Å². The van der Waals surface area contributed by atoms with Gasteiger partial charge in [-0.25, -0.2) is 0 Å². The maximum Gasteiger partial charge on any atom is 0.00701 e. The van der Waals surface area contributed by atoms with Crippen molar-refractivity contribution in [1.29, 1.82) is 0 Å². The molecular formula is C19H27N. The molecule has 1 N–H and O–H groups in total. The fourth-order valence-corrected chi connectivity index (χ4v) is 2.78. The van der Waals surface area contributed by atoms with Gasteiger partial charge in [0.1, 0.15) is 0 Å². The number of hydrogen-bond donors (Lipinski definition) is 1. The highest BCUT2D eigenvalue weighted by atomic mass is 14.9. The van der Waals surface area contributed by atoms with E-state index in [0.29, 0.717) is 6.04 Å². The zero-order chi connectivity index (χ0) is 14.2. The summed E-state index contributed by atoms with van der Waals surface area (Å²) in [7, 11) is 0. The van der Waals surface area contributed by atoms with Crippen molar-refractivity contribution in [3.63, 3.8) is 0 Å². The number of hydrogen-bond acceptors (Lipinski definition) is 1. The third-order valence-corrected chi connectivity index (χ3v) is 3.92. The van der Waals surface area contributed by atoms with Crippen molar-refractivity contribution < 1.29 is 0 Å². The van der Waals surface area contributed by atoms with Crippen molar-refractivity contribution in [1.82, 2.24) is 5.32 Å². The molecule has 0 radical (unpaired) electrons. The van der Waals surface area contributed by atoms with Crippen LogP contribution >= 0.6 is 0 Å².